The highest BCUT2D eigenvalue weighted by atomic mass is 32.2. The SMILES string of the molecule is COc1ccc(N2C(=O)[C@@H]3[C@H]4C[C@@H]([C@@H]5Sc6[nH]c(=O)sc6[C@@H](c6ccc(C(C)(C)C)cc6)[C@@H]45)[C@H]3C2=O)cc1. The zero-order valence-electron chi connectivity index (χ0n) is 21.8. The first-order valence-corrected chi connectivity index (χ1v) is 14.9. The van der Waals surface area contributed by atoms with Gasteiger partial charge in [-0.15, -0.1) is 11.8 Å². The molecular formula is C30H30N2O4S2. The molecule has 0 unspecified atom stereocenters. The van der Waals surface area contributed by atoms with Gasteiger partial charge in [-0.2, -0.15) is 0 Å². The number of benzene rings is 2. The molecule has 1 saturated heterocycles. The van der Waals surface area contributed by atoms with Crippen LogP contribution in [0.25, 0.3) is 0 Å². The van der Waals surface area contributed by atoms with Crippen molar-refractivity contribution in [3.05, 3.63) is 74.2 Å². The number of amides is 2. The van der Waals surface area contributed by atoms with Crippen molar-refractivity contribution in [3.8, 4) is 5.75 Å². The standard InChI is InChI=1S/C30H30N2O4S2/c1-30(2,3)15-7-5-14(6-8-15)20-21-18-13-19(24(21)37-26-25(20)38-29(35)31-26)23-22(18)27(33)32(28(23)34)16-9-11-17(36-4)12-10-16/h5-12,18-24H,13H2,1-4H3,(H,31,35)/t18-,19+,20-,21+,22+,23+,24-/m0/s1. The third-order valence-corrected chi connectivity index (χ3v) is 11.8. The van der Waals surface area contributed by atoms with E-state index in [0.29, 0.717) is 11.4 Å². The summed E-state index contributed by atoms with van der Waals surface area (Å²) in [6.45, 7) is 6.62. The lowest BCUT2D eigenvalue weighted by Gasteiger charge is -2.43. The van der Waals surface area contributed by atoms with Crippen molar-refractivity contribution in [2.75, 3.05) is 12.0 Å². The van der Waals surface area contributed by atoms with Gasteiger partial charge in [0.2, 0.25) is 11.8 Å². The number of H-pyrrole nitrogens is 1. The van der Waals surface area contributed by atoms with Crippen LogP contribution in [0.5, 0.6) is 5.75 Å². The number of carbonyl (C=O) groups is 2. The number of carbonyl (C=O) groups excluding carboxylic acids is 2. The minimum atomic E-state index is -0.301. The van der Waals surface area contributed by atoms with E-state index in [4.69, 9.17) is 4.74 Å². The molecule has 2 aromatic carbocycles. The number of aromatic amines is 1. The van der Waals surface area contributed by atoms with Crippen LogP contribution in [0.3, 0.4) is 0 Å². The predicted molar refractivity (Wildman–Crippen MR) is 149 cm³/mol. The molecule has 2 amide bonds. The Labute approximate surface area is 229 Å². The molecule has 2 aliphatic carbocycles. The Morgan fingerprint density at radius 3 is 2.21 bits per heavy atom. The van der Waals surface area contributed by atoms with Gasteiger partial charge in [-0.25, -0.2) is 0 Å². The molecule has 3 aromatic rings. The van der Waals surface area contributed by atoms with Crippen molar-refractivity contribution < 1.29 is 14.3 Å². The molecule has 196 valence electrons. The smallest absolute Gasteiger partial charge is 0.305 e. The maximum absolute atomic E-state index is 13.9. The van der Waals surface area contributed by atoms with E-state index >= 15 is 0 Å². The number of thiazole rings is 1. The fourth-order valence-electron chi connectivity index (χ4n) is 7.57. The van der Waals surface area contributed by atoms with E-state index in [1.165, 1.54) is 27.4 Å². The van der Waals surface area contributed by atoms with Crippen molar-refractivity contribution in [1.82, 2.24) is 4.98 Å². The summed E-state index contributed by atoms with van der Waals surface area (Å²) in [6.07, 6.45) is 0.890. The summed E-state index contributed by atoms with van der Waals surface area (Å²) < 4.78 is 5.26. The summed E-state index contributed by atoms with van der Waals surface area (Å²) in [5.41, 5.74) is 3.13. The van der Waals surface area contributed by atoms with Crippen LogP contribution in [-0.2, 0) is 15.0 Å². The minimum absolute atomic E-state index is 0.0378. The molecule has 3 heterocycles. The van der Waals surface area contributed by atoms with Crippen LogP contribution >= 0.6 is 23.1 Å². The molecule has 2 saturated carbocycles. The quantitative estimate of drug-likeness (QED) is 0.444. The van der Waals surface area contributed by atoms with Crippen LogP contribution in [0.4, 0.5) is 5.69 Å². The molecule has 7 rings (SSSR count). The van der Waals surface area contributed by atoms with Crippen molar-refractivity contribution in [1.29, 1.82) is 0 Å². The highest BCUT2D eigenvalue weighted by molar-refractivity contribution is 8.00. The number of hydrogen-bond acceptors (Lipinski definition) is 6. The zero-order chi connectivity index (χ0) is 26.5. The lowest BCUT2D eigenvalue weighted by Crippen LogP contribution is -2.42. The van der Waals surface area contributed by atoms with E-state index in [-0.39, 0.29) is 62.9 Å². The third kappa shape index (κ3) is 3.35. The second kappa shape index (κ2) is 8.33. The van der Waals surface area contributed by atoms with Crippen LogP contribution in [0.2, 0.25) is 0 Å². The Bertz CT molecular complexity index is 1500. The molecule has 1 aromatic heterocycles. The van der Waals surface area contributed by atoms with Crippen molar-refractivity contribution in [2.24, 2.45) is 29.6 Å². The van der Waals surface area contributed by atoms with Crippen molar-refractivity contribution in [2.45, 2.75) is 48.8 Å². The molecular weight excluding hydrogens is 516 g/mol. The number of nitrogens with one attached hydrogen (secondary N) is 1. The second-order valence-electron chi connectivity index (χ2n) is 12.0. The summed E-state index contributed by atoms with van der Waals surface area (Å²) in [5, 5.41) is 1.14. The van der Waals surface area contributed by atoms with Gasteiger partial charge < -0.3 is 9.72 Å². The van der Waals surface area contributed by atoms with Gasteiger partial charge in [0, 0.05) is 16.0 Å². The minimum Gasteiger partial charge on any atom is -0.497 e. The number of thioether (sulfide) groups is 1. The van der Waals surface area contributed by atoms with E-state index in [1.807, 2.05) is 0 Å². The topological polar surface area (TPSA) is 79.5 Å². The molecule has 7 atom stereocenters. The number of rotatable bonds is 3. The van der Waals surface area contributed by atoms with E-state index in [2.05, 4.69) is 50.0 Å². The van der Waals surface area contributed by atoms with Gasteiger partial charge in [0.05, 0.1) is 29.7 Å². The fraction of sp³-hybridized carbons (Fsp3) is 0.433. The largest absolute Gasteiger partial charge is 0.497 e. The van der Waals surface area contributed by atoms with Crippen molar-refractivity contribution >= 4 is 40.6 Å². The predicted octanol–water partition coefficient (Wildman–Crippen LogP) is 5.42. The van der Waals surface area contributed by atoms with Gasteiger partial charge in [0.1, 0.15) is 5.75 Å². The number of fused-ring (bicyclic) bond motifs is 9. The maximum Gasteiger partial charge on any atom is 0.305 e. The van der Waals surface area contributed by atoms with Crippen LogP contribution in [0.1, 0.15) is 49.1 Å². The molecule has 1 N–H and O–H groups in total. The third-order valence-electron chi connectivity index (χ3n) is 9.19. The number of nitrogens with zero attached hydrogens (tertiary/aromatic N) is 1. The molecule has 0 spiro atoms. The lowest BCUT2D eigenvalue weighted by atomic mass is 9.68. The van der Waals surface area contributed by atoms with Crippen LogP contribution in [-0.4, -0.2) is 29.2 Å². The number of anilines is 1. The number of methoxy groups -OCH3 is 1. The Hall–Kier alpha value is -2.84. The summed E-state index contributed by atoms with van der Waals surface area (Å²) >= 11 is 3.03. The summed E-state index contributed by atoms with van der Waals surface area (Å²) in [7, 11) is 1.60. The average molecular weight is 547 g/mol. The van der Waals surface area contributed by atoms with Gasteiger partial charge in [0.15, 0.2) is 0 Å². The Morgan fingerprint density at radius 1 is 0.921 bits per heavy atom. The van der Waals surface area contributed by atoms with Crippen molar-refractivity contribution in [3.63, 3.8) is 0 Å². The Morgan fingerprint density at radius 2 is 1.58 bits per heavy atom. The van der Waals surface area contributed by atoms with Crippen LogP contribution in [0.15, 0.2) is 58.4 Å². The van der Waals surface area contributed by atoms with E-state index in [1.54, 1.807) is 43.1 Å². The van der Waals surface area contributed by atoms with E-state index < -0.39 is 0 Å². The molecule has 6 nitrogen and oxygen atoms in total. The molecule has 8 heteroatoms. The molecule has 2 aliphatic heterocycles. The summed E-state index contributed by atoms with van der Waals surface area (Å²) in [6, 6.07) is 16.0. The number of imide groups is 1. The number of hydrogen-bond donors (Lipinski definition) is 1. The maximum atomic E-state index is 13.9. The second-order valence-corrected chi connectivity index (χ2v) is 14.2. The average Bonchev–Trinajstić information content (AvgIpc) is 3.62. The lowest BCUT2D eigenvalue weighted by molar-refractivity contribution is -0.123. The zero-order valence-corrected chi connectivity index (χ0v) is 23.4. The molecule has 38 heavy (non-hydrogen) atoms. The van der Waals surface area contributed by atoms with Gasteiger partial charge in [0.25, 0.3) is 0 Å². The van der Waals surface area contributed by atoms with E-state index in [0.717, 1.165) is 16.3 Å². The number of ether oxygens (including phenoxy) is 1. The first kappa shape index (κ1) is 24.2. The van der Waals surface area contributed by atoms with E-state index in [9.17, 15) is 14.4 Å². The first-order valence-electron chi connectivity index (χ1n) is 13.2. The van der Waals surface area contributed by atoms with Crippen LogP contribution < -0.4 is 14.5 Å². The highest BCUT2D eigenvalue weighted by Crippen LogP contribution is 2.68. The van der Waals surface area contributed by atoms with Gasteiger partial charge in [-0.3, -0.25) is 19.3 Å². The summed E-state index contributed by atoms with van der Waals surface area (Å²) in [5.74, 6) is 0.428. The number of aromatic nitrogens is 1. The normalized spacial score (nSPS) is 31.4. The van der Waals surface area contributed by atoms with Gasteiger partial charge >= 0.3 is 4.87 Å². The molecule has 4 aliphatic rings. The Kier molecular flexibility index (Phi) is 5.31. The molecule has 0 radical (unpaired) electrons. The fourth-order valence-corrected chi connectivity index (χ4v) is 10.5. The van der Waals surface area contributed by atoms with Crippen LogP contribution in [0, 0.1) is 29.6 Å². The molecule has 2 bridgehead atoms. The van der Waals surface area contributed by atoms with Gasteiger partial charge in [-0.1, -0.05) is 56.4 Å². The highest BCUT2D eigenvalue weighted by Gasteiger charge is 2.69. The molecule has 3 fully saturated rings. The monoisotopic (exact) mass is 546 g/mol. The van der Waals surface area contributed by atoms with Gasteiger partial charge in [-0.05, 0) is 65.0 Å². The first-order chi connectivity index (χ1) is 18.2. The summed E-state index contributed by atoms with van der Waals surface area (Å²) in [4.78, 5) is 45.7. The Balaban J connectivity index is 1.29.